The molecule has 0 spiro atoms. The summed E-state index contributed by atoms with van der Waals surface area (Å²) in [6.45, 7) is 4.92. The van der Waals surface area contributed by atoms with Crippen LogP contribution in [0.5, 0.6) is 0 Å². The van der Waals surface area contributed by atoms with Gasteiger partial charge in [-0.15, -0.1) is 5.10 Å². The van der Waals surface area contributed by atoms with Gasteiger partial charge in [0.2, 0.25) is 11.9 Å². The van der Waals surface area contributed by atoms with E-state index in [1.54, 1.807) is 6.92 Å². The van der Waals surface area contributed by atoms with Gasteiger partial charge in [-0.1, -0.05) is 0 Å². The van der Waals surface area contributed by atoms with Gasteiger partial charge in [0, 0.05) is 13.1 Å². The molecule has 0 saturated carbocycles. The monoisotopic (exact) mass is 314 g/mol. The molecule has 10 heteroatoms. The Hall–Kier alpha value is -1.94. The van der Waals surface area contributed by atoms with Gasteiger partial charge in [0.15, 0.2) is 5.11 Å². The van der Waals surface area contributed by atoms with Crippen LogP contribution in [-0.2, 0) is 14.3 Å². The lowest BCUT2D eigenvalue weighted by Gasteiger charge is -2.25. The fourth-order valence-electron chi connectivity index (χ4n) is 1.73. The molecule has 2 heterocycles. The maximum atomic E-state index is 11.2. The molecule has 1 aliphatic heterocycles. The van der Waals surface area contributed by atoms with Crippen LogP contribution in [0, 0.1) is 0 Å². The average molecular weight is 314 g/mol. The van der Waals surface area contributed by atoms with Crippen molar-refractivity contribution in [1.29, 1.82) is 0 Å². The molecule has 0 aliphatic carbocycles. The molecule has 1 aliphatic rings. The Kier molecular flexibility index (Phi) is 5.69. The standard InChI is InChI=1S/C11H18N6O3S/c1-2-20-8(18)7-12-11(21)14-9-13-10(16-15-9)17-3-5-19-6-4-17/h2-7H2,1H3,(H3,12,13,14,15,16,21). The molecule has 3 N–H and O–H groups in total. The molecule has 0 atom stereocenters. The van der Waals surface area contributed by atoms with Gasteiger partial charge in [0.1, 0.15) is 6.54 Å². The molecule has 0 bridgehead atoms. The van der Waals surface area contributed by atoms with E-state index in [1.165, 1.54) is 0 Å². The fourth-order valence-corrected chi connectivity index (χ4v) is 1.90. The van der Waals surface area contributed by atoms with Crippen molar-refractivity contribution in [2.24, 2.45) is 0 Å². The number of nitrogens with zero attached hydrogens (tertiary/aromatic N) is 3. The van der Waals surface area contributed by atoms with Crippen LogP contribution < -0.4 is 15.5 Å². The van der Waals surface area contributed by atoms with Crippen LogP contribution in [-0.4, -0.2) is 65.7 Å². The second-order valence-electron chi connectivity index (χ2n) is 4.20. The van der Waals surface area contributed by atoms with E-state index in [-0.39, 0.29) is 17.6 Å². The van der Waals surface area contributed by atoms with Crippen molar-refractivity contribution in [2.75, 3.05) is 49.7 Å². The number of esters is 1. The van der Waals surface area contributed by atoms with Crippen LogP contribution in [0.2, 0.25) is 0 Å². The topological polar surface area (TPSA) is 104 Å². The highest BCUT2D eigenvalue weighted by Crippen LogP contribution is 2.11. The van der Waals surface area contributed by atoms with Crippen LogP contribution >= 0.6 is 12.2 Å². The number of morpholine rings is 1. The molecule has 116 valence electrons. The van der Waals surface area contributed by atoms with Crippen molar-refractivity contribution in [1.82, 2.24) is 20.5 Å². The van der Waals surface area contributed by atoms with Gasteiger partial charge >= 0.3 is 5.97 Å². The van der Waals surface area contributed by atoms with Gasteiger partial charge in [-0.05, 0) is 19.1 Å². The summed E-state index contributed by atoms with van der Waals surface area (Å²) in [5.41, 5.74) is 0. The van der Waals surface area contributed by atoms with Crippen LogP contribution in [0.1, 0.15) is 6.92 Å². The Balaban J connectivity index is 1.78. The second-order valence-corrected chi connectivity index (χ2v) is 4.60. The van der Waals surface area contributed by atoms with E-state index in [2.05, 4.69) is 25.8 Å². The molecule has 0 unspecified atom stereocenters. The number of hydrogen-bond donors (Lipinski definition) is 3. The minimum absolute atomic E-state index is 0.00410. The molecule has 0 amide bonds. The van der Waals surface area contributed by atoms with Gasteiger partial charge in [-0.25, -0.2) is 5.10 Å². The number of carbonyl (C=O) groups is 1. The number of anilines is 2. The number of aromatic amines is 1. The first-order valence-electron chi connectivity index (χ1n) is 6.64. The van der Waals surface area contributed by atoms with Crippen LogP contribution in [0.15, 0.2) is 0 Å². The normalized spacial score (nSPS) is 14.6. The van der Waals surface area contributed by atoms with Crippen LogP contribution in [0.3, 0.4) is 0 Å². The summed E-state index contributed by atoms with van der Waals surface area (Å²) in [6.07, 6.45) is 0. The SMILES string of the molecule is CCOC(=O)CNC(=S)Nc1nc(N2CCOCC2)n[nH]1. The van der Waals surface area contributed by atoms with E-state index >= 15 is 0 Å². The van der Waals surface area contributed by atoms with E-state index in [1.807, 2.05) is 4.90 Å². The van der Waals surface area contributed by atoms with Gasteiger partial charge in [-0.2, -0.15) is 4.98 Å². The van der Waals surface area contributed by atoms with Crippen molar-refractivity contribution < 1.29 is 14.3 Å². The zero-order valence-electron chi connectivity index (χ0n) is 11.7. The van der Waals surface area contributed by atoms with Gasteiger partial charge < -0.3 is 25.0 Å². The minimum atomic E-state index is -0.367. The highest BCUT2D eigenvalue weighted by atomic mass is 32.1. The second kappa shape index (κ2) is 7.74. The Bertz CT molecular complexity index is 488. The first-order chi connectivity index (χ1) is 10.2. The number of hydrogen-bond acceptors (Lipinski definition) is 7. The number of ether oxygens (including phenoxy) is 2. The third-order valence-corrected chi connectivity index (χ3v) is 2.94. The summed E-state index contributed by atoms with van der Waals surface area (Å²) >= 11 is 5.05. The third-order valence-electron chi connectivity index (χ3n) is 2.70. The summed E-state index contributed by atoms with van der Waals surface area (Å²) in [5.74, 6) is 0.639. The minimum Gasteiger partial charge on any atom is -0.465 e. The molecule has 1 saturated heterocycles. The van der Waals surface area contributed by atoms with Crippen molar-refractivity contribution in [3.63, 3.8) is 0 Å². The highest BCUT2D eigenvalue weighted by molar-refractivity contribution is 7.80. The van der Waals surface area contributed by atoms with E-state index in [0.29, 0.717) is 31.7 Å². The smallest absolute Gasteiger partial charge is 0.325 e. The first kappa shape index (κ1) is 15.4. The molecule has 0 radical (unpaired) electrons. The Morgan fingerprint density at radius 1 is 1.52 bits per heavy atom. The molecule has 0 aromatic carbocycles. The van der Waals surface area contributed by atoms with E-state index in [0.717, 1.165) is 13.1 Å². The summed E-state index contributed by atoms with van der Waals surface area (Å²) in [7, 11) is 0. The van der Waals surface area contributed by atoms with E-state index < -0.39 is 0 Å². The Morgan fingerprint density at radius 2 is 2.29 bits per heavy atom. The lowest BCUT2D eigenvalue weighted by Crippen LogP contribution is -2.37. The molecule has 1 fully saturated rings. The summed E-state index contributed by atoms with van der Waals surface area (Å²) in [6, 6.07) is 0. The van der Waals surface area contributed by atoms with Crippen molar-refractivity contribution >= 4 is 35.2 Å². The van der Waals surface area contributed by atoms with Crippen molar-refractivity contribution in [3.8, 4) is 0 Å². The molecule has 21 heavy (non-hydrogen) atoms. The van der Waals surface area contributed by atoms with E-state index in [9.17, 15) is 4.79 Å². The molecular formula is C11H18N6O3S. The first-order valence-corrected chi connectivity index (χ1v) is 7.05. The fraction of sp³-hybridized carbons (Fsp3) is 0.636. The highest BCUT2D eigenvalue weighted by Gasteiger charge is 2.16. The van der Waals surface area contributed by atoms with Crippen LogP contribution in [0.25, 0.3) is 0 Å². The summed E-state index contributed by atoms with van der Waals surface area (Å²) in [4.78, 5) is 17.5. The van der Waals surface area contributed by atoms with Gasteiger partial charge in [0.05, 0.1) is 19.8 Å². The maximum Gasteiger partial charge on any atom is 0.325 e. The van der Waals surface area contributed by atoms with Crippen molar-refractivity contribution in [2.45, 2.75) is 6.92 Å². The average Bonchev–Trinajstić information content (AvgIpc) is 2.95. The molecule has 1 aromatic heterocycles. The van der Waals surface area contributed by atoms with E-state index in [4.69, 9.17) is 21.7 Å². The Morgan fingerprint density at radius 3 is 3.00 bits per heavy atom. The summed E-state index contributed by atoms with van der Waals surface area (Å²) < 4.78 is 10.1. The van der Waals surface area contributed by atoms with Crippen LogP contribution in [0.4, 0.5) is 11.9 Å². The third kappa shape index (κ3) is 4.83. The maximum absolute atomic E-state index is 11.2. The Labute approximate surface area is 127 Å². The predicted molar refractivity (Wildman–Crippen MR) is 80.3 cm³/mol. The largest absolute Gasteiger partial charge is 0.465 e. The number of carbonyl (C=O) groups excluding carboxylic acids is 1. The molecule has 1 aromatic rings. The molecule has 9 nitrogen and oxygen atoms in total. The number of rotatable bonds is 5. The number of H-pyrrole nitrogens is 1. The zero-order valence-corrected chi connectivity index (χ0v) is 12.5. The zero-order chi connectivity index (χ0) is 15.1. The summed E-state index contributed by atoms with van der Waals surface area (Å²) in [5, 5.41) is 12.7. The van der Waals surface area contributed by atoms with Gasteiger partial charge in [-0.3, -0.25) is 4.79 Å². The molecule has 2 rings (SSSR count). The quantitative estimate of drug-likeness (QED) is 0.489. The molecular weight excluding hydrogens is 296 g/mol. The lowest BCUT2D eigenvalue weighted by atomic mass is 10.4. The lowest BCUT2D eigenvalue weighted by molar-refractivity contribution is -0.141. The predicted octanol–water partition coefficient (Wildman–Crippen LogP) is -0.509. The number of nitrogens with one attached hydrogen (secondary N) is 3. The van der Waals surface area contributed by atoms with Gasteiger partial charge in [0.25, 0.3) is 0 Å². The number of thiocarbonyl (C=S) groups is 1. The van der Waals surface area contributed by atoms with Crippen molar-refractivity contribution in [3.05, 3.63) is 0 Å². The number of aromatic nitrogens is 3.